The smallest absolute Gasteiger partial charge is 0.00702 e. The van der Waals surface area contributed by atoms with Crippen LogP contribution in [-0.4, -0.2) is 0 Å². The molecule has 0 unspecified atom stereocenters. The number of hydrogen-bond donors (Lipinski definition) is 0. The van der Waals surface area contributed by atoms with Crippen molar-refractivity contribution in [3.05, 3.63) is 94.5 Å². The van der Waals surface area contributed by atoms with Gasteiger partial charge in [-0.1, -0.05) is 66.7 Å². The van der Waals surface area contributed by atoms with Crippen molar-refractivity contribution in [3.63, 3.8) is 0 Å². The Labute approximate surface area is 149 Å². The van der Waals surface area contributed by atoms with Gasteiger partial charge in [0, 0.05) is 0 Å². The molecular formula is C25H22. The molecule has 0 radical (unpaired) electrons. The van der Waals surface area contributed by atoms with E-state index in [9.17, 15) is 0 Å². The molecule has 0 nitrogen and oxygen atoms in total. The van der Waals surface area contributed by atoms with E-state index < -0.39 is 0 Å². The van der Waals surface area contributed by atoms with Gasteiger partial charge in [-0.05, 0) is 82.0 Å². The molecule has 0 N–H and O–H groups in total. The average molecular weight is 322 g/mol. The van der Waals surface area contributed by atoms with Gasteiger partial charge >= 0.3 is 0 Å². The average Bonchev–Trinajstić information content (AvgIpc) is 2.64. The van der Waals surface area contributed by atoms with Crippen LogP contribution in [0.15, 0.2) is 66.7 Å². The van der Waals surface area contributed by atoms with Crippen molar-refractivity contribution in [2.75, 3.05) is 0 Å². The minimum absolute atomic E-state index is 1.10. The summed E-state index contributed by atoms with van der Waals surface area (Å²) in [5, 5.41) is 5.75. The minimum Gasteiger partial charge on any atom is -0.0616 e. The molecule has 122 valence electrons. The largest absolute Gasteiger partial charge is 0.0616 e. The first-order valence-corrected chi connectivity index (χ1v) is 9.30. The van der Waals surface area contributed by atoms with E-state index in [1.54, 1.807) is 0 Å². The van der Waals surface area contributed by atoms with Gasteiger partial charge in [-0.15, -0.1) is 0 Å². The van der Waals surface area contributed by atoms with Gasteiger partial charge in [-0.25, -0.2) is 0 Å². The summed E-state index contributed by atoms with van der Waals surface area (Å²) in [5.41, 5.74) is 7.24. The maximum Gasteiger partial charge on any atom is -0.00702 e. The van der Waals surface area contributed by atoms with Gasteiger partial charge in [0.1, 0.15) is 0 Å². The first-order chi connectivity index (χ1) is 12.3. The lowest BCUT2D eigenvalue weighted by atomic mass is 9.87. The zero-order valence-corrected chi connectivity index (χ0v) is 14.7. The Balaban J connectivity index is 1.83. The molecule has 25 heavy (non-hydrogen) atoms. The van der Waals surface area contributed by atoms with Gasteiger partial charge in [0.2, 0.25) is 0 Å². The Hall–Kier alpha value is -2.60. The maximum absolute atomic E-state index is 2.42. The Morgan fingerprint density at radius 3 is 1.88 bits per heavy atom. The van der Waals surface area contributed by atoms with Gasteiger partial charge in [0.25, 0.3) is 0 Å². The normalized spacial score (nSPS) is 14.0. The second-order valence-corrected chi connectivity index (χ2v) is 7.36. The Morgan fingerprint density at radius 2 is 1.16 bits per heavy atom. The molecule has 0 saturated heterocycles. The Bertz CT molecular complexity index is 1080. The molecule has 8 rings (SSSR count). The van der Waals surface area contributed by atoms with E-state index >= 15 is 0 Å². The summed E-state index contributed by atoms with van der Waals surface area (Å²) in [4.78, 5) is 0. The molecule has 0 heterocycles. The molecule has 4 aromatic carbocycles. The molecule has 0 spiro atoms. The molecule has 4 aliphatic carbocycles. The molecule has 0 heteroatoms. The van der Waals surface area contributed by atoms with E-state index in [0.717, 1.165) is 25.7 Å². The second kappa shape index (κ2) is 5.74. The van der Waals surface area contributed by atoms with Crippen molar-refractivity contribution >= 4 is 21.5 Å². The summed E-state index contributed by atoms with van der Waals surface area (Å²) in [6, 6.07) is 25.3. The van der Waals surface area contributed by atoms with Crippen LogP contribution in [0.25, 0.3) is 21.5 Å². The lowest BCUT2D eigenvalue weighted by Gasteiger charge is -2.17. The molecule has 0 saturated carbocycles. The van der Waals surface area contributed by atoms with E-state index in [1.807, 2.05) is 0 Å². The quantitative estimate of drug-likeness (QED) is 0.339. The van der Waals surface area contributed by atoms with Crippen LogP contribution in [0.3, 0.4) is 0 Å². The molecule has 0 aliphatic heterocycles. The third-order valence-electron chi connectivity index (χ3n) is 5.79. The summed E-state index contributed by atoms with van der Waals surface area (Å²) in [5.74, 6) is 0. The van der Waals surface area contributed by atoms with Crippen molar-refractivity contribution in [2.45, 2.75) is 32.6 Å². The lowest BCUT2D eigenvalue weighted by Crippen LogP contribution is -2.00. The Kier molecular flexibility index (Phi) is 3.38. The molecule has 4 bridgehead atoms. The lowest BCUT2D eigenvalue weighted by molar-refractivity contribution is 0.934. The first kappa shape index (κ1) is 14.7. The van der Waals surface area contributed by atoms with Crippen molar-refractivity contribution in [2.24, 2.45) is 0 Å². The molecule has 4 aliphatic rings. The molecule has 4 aromatic rings. The van der Waals surface area contributed by atoms with E-state index in [2.05, 4.69) is 73.7 Å². The standard InChI is InChI=1S/C25H22/c1-17-16-24-20-12-10-18-6-8-19(9-7-18)11-13-21(15-14-20)25(24)23-5-3-2-4-22(17)23/h2-9,14-16H,10-13H2,1H3. The van der Waals surface area contributed by atoms with E-state index in [0.29, 0.717) is 0 Å². The first-order valence-electron chi connectivity index (χ1n) is 9.30. The third kappa shape index (κ3) is 2.44. The fourth-order valence-corrected chi connectivity index (χ4v) is 4.39. The minimum atomic E-state index is 1.10. The SMILES string of the molecule is Cc1cc2c3ccc(c2c2ccccc12)CCc1ccc(cc1)CC3. The highest BCUT2D eigenvalue weighted by atomic mass is 14.2. The number of rotatable bonds is 0. The van der Waals surface area contributed by atoms with Gasteiger partial charge < -0.3 is 0 Å². The van der Waals surface area contributed by atoms with Gasteiger partial charge in [0.05, 0.1) is 0 Å². The Morgan fingerprint density at radius 1 is 0.560 bits per heavy atom. The van der Waals surface area contributed by atoms with Crippen molar-refractivity contribution < 1.29 is 0 Å². The number of aryl methyl sites for hydroxylation is 5. The summed E-state index contributed by atoms with van der Waals surface area (Å²) in [6.45, 7) is 2.25. The third-order valence-corrected chi connectivity index (χ3v) is 5.79. The van der Waals surface area contributed by atoms with Crippen LogP contribution in [0, 0.1) is 6.92 Å². The fraction of sp³-hybridized carbons (Fsp3) is 0.200. The molecule has 0 amide bonds. The fourth-order valence-electron chi connectivity index (χ4n) is 4.39. The van der Waals surface area contributed by atoms with E-state index in [-0.39, 0.29) is 0 Å². The molecular weight excluding hydrogens is 300 g/mol. The van der Waals surface area contributed by atoms with Crippen molar-refractivity contribution in [1.82, 2.24) is 0 Å². The van der Waals surface area contributed by atoms with Crippen molar-refractivity contribution in [1.29, 1.82) is 0 Å². The predicted molar refractivity (Wildman–Crippen MR) is 107 cm³/mol. The summed E-state index contributed by atoms with van der Waals surface area (Å²) in [7, 11) is 0. The topological polar surface area (TPSA) is 0 Å². The van der Waals surface area contributed by atoms with Crippen LogP contribution in [0.1, 0.15) is 27.8 Å². The number of fused-ring (bicyclic) bond motifs is 1. The monoisotopic (exact) mass is 322 g/mol. The summed E-state index contributed by atoms with van der Waals surface area (Å²) in [6.07, 6.45) is 4.43. The zero-order valence-electron chi connectivity index (χ0n) is 14.7. The van der Waals surface area contributed by atoms with Crippen molar-refractivity contribution in [3.8, 4) is 0 Å². The van der Waals surface area contributed by atoms with Crippen LogP contribution in [0.4, 0.5) is 0 Å². The van der Waals surface area contributed by atoms with Crippen LogP contribution in [-0.2, 0) is 25.7 Å². The van der Waals surface area contributed by atoms with Gasteiger partial charge in [0.15, 0.2) is 0 Å². The zero-order chi connectivity index (χ0) is 16.8. The number of hydrogen-bond acceptors (Lipinski definition) is 0. The molecule has 0 aromatic heterocycles. The highest BCUT2D eigenvalue weighted by Crippen LogP contribution is 2.34. The van der Waals surface area contributed by atoms with E-state index in [4.69, 9.17) is 0 Å². The number of benzene rings is 4. The highest BCUT2D eigenvalue weighted by molar-refractivity contribution is 6.11. The van der Waals surface area contributed by atoms with Crippen LogP contribution < -0.4 is 0 Å². The molecule has 0 atom stereocenters. The maximum atomic E-state index is 2.42. The van der Waals surface area contributed by atoms with E-state index in [1.165, 1.54) is 49.4 Å². The van der Waals surface area contributed by atoms with Crippen LogP contribution in [0.5, 0.6) is 0 Å². The van der Waals surface area contributed by atoms with Crippen LogP contribution in [0.2, 0.25) is 0 Å². The predicted octanol–water partition coefficient (Wildman–Crippen LogP) is 6.19. The second-order valence-electron chi connectivity index (χ2n) is 7.36. The van der Waals surface area contributed by atoms with Gasteiger partial charge in [-0.2, -0.15) is 0 Å². The van der Waals surface area contributed by atoms with Crippen LogP contribution >= 0.6 is 0 Å². The van der Waals surface area contributed by atoms with Gasteiger partial charge in [-0.3, -0.25) is 0 Å². The molecule has 0 fully saturated rings. The summed E-state index contributed by atoms with van der Waals surface area (Å²) >= 11 is 0. The summed E-state index contributed by atoms with van der Waals surface area (Å²) < 4.78 is 0. The highest BCUT2D eigenvalue weighted by Gasteiger charge is 2.13.